The molecular formula is C13H24N2O. The molecule has 92 valence electrons. The van der Waals surface area contributed by atoms with Gasteiger partial charge in [0.1, 0.15) is 0 Å². The number of hydrogen-bond acceptors (Lipinski definition) is 3. The monoisotopic (exact) mass is 224 g/mol. The van der Waals surface area contributed by atoms with Crippen molar-refractivity contribution >= 4 is 0 Å². The second-order valence-corrected chi connectivity index (χ2v) is 4.98. The molecule has 0 aliphatic carbocycles. The molecular weight excluding hydrogens is 200 g/mol. The first-order chi connectivity index (χ1) is 7.81. The molecule has 2 rings (SSSR count). The number of ether oxygens (including phenoxy) is 1. The summed E-state index contributed by atoms with van der Waals surface area (Å²) in [6, 6.07) is 0. The number of rotatable bonds is 5. The summed E-state index contributed by atoms with van der Waals surface area (Å²) in [4.78, 5) is 0. The fraction of sp³-hybridized carbons (Fsp3) is 0.846. The van der Waals surface area contributed by atoms with Crippen LogP contribution in [0.4, 0.5) is 0 Å². The second-order valence-electron chi connectivity index (χ2n) is 4.98. The molecule has 0 aromatic heterocycles. The first-order valence-corrected chi connectivity index (χ1v) is 6.51. The third-order valence-corrected chi connectivity index (χ3v) is 3.83. The van der Waals surface area contributed by atoms with E-state index in [9.17, 15) is 0 Å². The van der Waals surface area contributed by atoms with Gasteiger partial charge in [-0.05, 0) is 31.3 Å². The third-order valence-electron chi connectivity index (χ3n) is 3.83. The molecule has 3 heteroatoms. The first-order valence-electron chi connectivity index (χ1n) is 6.51. The van der Waals surface area contributed by atoms with Crippen molar-refractivity contribution in [1.29, 1.82) is 0 Å². The Kier molecular flexibility index (Phi) is 4.38. The topological polar surface area (TPSA) is 33.3 Å². The normalized spacial score (nSPS) is 29.2. The molecule has 0 spiro atoms. The lowest BCUT2D eigenvalue weighted by Gasteiger charge is -2.23. The van der Waals surface area contributed by atoms with Crippen LogP contribution in [0.3, 0.4) is 0 Å². The fourth-order valence-corrected chi connectivity index (χ4v) is 2.50. The van der Waals surface area contributed by atoms with E-state index in [0.29, 0.717) is 6.10 Å². The Balaban J connectivity index is 1.67. The van der Waals surface area contributed by atoms with Gasteiger partial charge in [0.05, 0.1) is 6.10 Å². The standard InChI is InChI=1S/C13H24N2O/c1-3-13-11(4-5-16-13)7-14-6-10(2)12-8-15-9-12/h11,13-15H,3-9H2,1-2H3. The Bertz CT molecular complexity index is 257. The summed E-state index contributed by atoms with van der Waals surface area (Å²) in [5, 5.41) is 6.86. The summed E-state index contributed by atoms with van der Waals surface area (Å²) in [7, 11) is 0. The molecule has 0 saturated carbocycles. The van der Waals surface area contributed by atoms with Gasteiger partial charge in [-0.3, -0.25) is 0 Å². The van der Waals surface area contributed by atoms with Crippen LogP contribution >= 0.6 is 0 Å². The first kappa shape index (κ1) is 12.1. The van der Waals surface area contributed by atoms with Crippen LogP contribution in [0.5, 0.6) is 0 Å². The molecule has 0 bridgehead atoms. The van der Waals surface area contributed by atoms with Crippen molar-refractivity contribution in [2.75, 3.05) is 32.8 Å². The van der Waals surface area contributed by atoms with Crippen LogP contribution in [0.25, 0.3) is 0 Å². The Hall–Kier alpha value is -0.380. The average molecular weight is 224 g/mol. The van der Waals surface area contributed by atoms with Crippen molar-refractivity contribution in [3.05, 3.63) is 11.1 Å². The van der Waals surface area contributed by atoms with Crippen molar-refractivity contribution in [1.82, 2.24) is 10.6 Å². The van der Waals surface area contributed by atoms with Crippen LogP contribution in [-0.2, 0) is 4.74 Å². The van der Waals surface area contributed by atoms with Crippen molar-refractivity contribution < 1.29 is 4.74 Å². The molecule has 0 aromatic rings. The molecule has 0 radical (unpaired) electrons. The summed E-state index contributed by atoms with van der Waals surface area (Å²) in [6.07, 6.45) is 2.87. The van der Waals surface area contributed by atoms with E-state index in [0.717, 1.165) is 45.1 Å². The lowest BCUT2D eigenvalue weighted by Crippen LogP contribution is -2.37. The van der Waals surface area contributed by atoms with E-state index < -0.39 is 0 Å². The Morgan fingerprint density at radius 3 is 2.94 bits per heavy atom. The molecule has 0 aromatic carbocycles. The van der Waals surface area contributed by atoms with E-state index in [1.54, 1.807) is 5.57 Å². The van der Waals surface area contributed by atoms with Crippen molar-refractivity contribution in [2.24, 2.45) is 5.92 Å². The predicted octanol–water partition coefficient (Wildman–Crippen LogP) is 1.31. The van der Waals surface area contributed by atoms with E-state index in [4.69, 9.17) is 4.74 Å². The minimum absolute atomic E-state index is 0.492. The minimum Gasteiger partial charge on any atom is -0.378 e. The molecule has 16 heavy (non-hydrogen) atoms. The zero-order chi connectivity index (χ0) is 11.4. The SMILES string of the molecule is CCC1OCCC1CNCC(C)=C1CNC1. The van der Waals surface area contributed by atoms with Gasteiger partial charge in [0, 0.05) is 32.8 Å². The molecule has 2 saturated heterocycles. The Labute approximate surface area is 98.6 Å². The molecule has 2 aliphatic rings. The summed E-state index contributed by atoms with van der Waals surface area (Å²) < 4.78 is 5.69. The van der Waals surface area contributed by atoms with Gasteiger partial charge in [-0.2, -0.15) is 0 Å². The number of hydrogen-bond donors (Lipinski definition) is 2. The van der Waals surface area contributed by atoms with Gasteiger partial charge >= 0.3 is 0 Å². The highest BCUT2D eigenvalue weighted by Gasteiger charge is 2.26. The fourth-order valence-electron chi connectivity index (χ4n) is 2.50. The molecule has 2 heterocycles. The van der Waals surface area contributed by atoms with Crippen molar-refractivity contribution in [2.45, 2.75) is 32.8 Å². The highest BCUT2D eigenvalue weighted by atomic mass is 16.5. The van der Waals surface area contributed by atoms with Crippen LogP contribution in [0.1, 0.15) is 26.7 Å². The summed E-state index contributed by atoms with van der Waals surface area (Å²) >= 11 is 0. The molecule has 3 nitrogen and oxygen atoms in total. The van der Waals surface area contributed by atoms with Gasteiger partial charge < -0.3 is 15.4 Å². The van der Waals surface area contributed by atoms with Crippen LogP contribution in [0.2, 0.25) is 0 Å². The van der Waals surface area contributed by atoms with Gasteiger partial charge in [0.2, 0.25) is 0 Å². The third kappa shape index (κ3) is 2.84. The minimum atomic E-state index is 0.492. The van der Waals surface area contributed by atoms with Gasteiger partial charge in [-0.25, -0.2) is 0 Å². The smallest absolute Gasteiger partial charge is 0.0613 e. The molecule has 2 fully saturated rings. The number of nitrogens with one attached hydrogen (secondary N) is 2. The highest BCUT2D eigenvalue weighted by Crippen LogP contribution is 2.22. The quantitative estimate of drug-likeness (QED) is 0.691. The maximum atomic E-state index is 5.69. The largest absolute Gasteiger partial charge is 0.378 e. The van der Waals surface area contributed by atoms with Crippen LogP contribution in [0, 0.1) is 5.92 Å². The predicted molar refractivity (Wildman–Crippen MR) is 66.6 cm³/mol. The lowest BCUT2D eigenvalue weighted by molar-refractivity contribution is 0.0875. The Morgan fingerprint density at radius 2 is 2.31 bits per heavy atom. The Morgan fingerprint density at radius 1 is 1.50 bits per heavy atom. The summed E-state index contributed by atoms with van der Waals surface area (Å²) in [5.41, 5.74) is 3.10. The second kappa shape index (κ2) is 5.80. The zero-order valence-corrected chi connectivity index (χ0v) is 10.5. The van der Waals surface area contributed by atoms with E-state index in [1.165, 1.54) is 12.0 Å². The highest BCUT2D eigenvalue weighted by molar-refractivity contribution is 5.22. The molecule has 2 atom stereocenters. The van der Waals surface area contributed by atoms with E-state index >= 15 is 0 Å². The van der Waals surface area contributed by atoms with Gasteiger partial charge in [-0.15, -0.1) is 0 Å². The van der Waals surface area contributed by atoms with Gasteiger partial charge in [0.25, 0.3) is 0 Å². The van der Waals surface area contributed by atoms with Crippen molar-refractivity contribution in [3.8, 4) is 0 Å². The summed E-state index contributed by atoms with van der Waals surface area (Å²) in [6.45, 7) is 9.76. The molecule has 2 aliphatic heterocycles. The molecule has 2 unspecified atom stereocenters. The van der Waals surface area contributed by atoms with Crippen LogP contribution < -0.4 is 10.6 Å². The van der Waals surface area contributed by atoms with Crippen LogP contribution in [-0.4, -0.2) is 38.9 Å². The summed E-state index contributed by atoms with van der Waals surface area (Å²) in [5.74, 6) is 0.724. The van der Waals surface area contributed by atoms with Gasteiger partial charge in [0.15, 0.2) is 0 Å². The zero-order valence-electron chi connectivity index (χ0n) is 10.5. The maximum Gasteiger partial charge on any atom is 0.0613 e. The average Bonchev–Trinajstić information content (AvgIpc) is 2.62. The van der Waals surface area contributed by atoms with Gasteiger partial charge in [-0.1, -0.05) is 12.5 Å². The van der Waals surface area contributed by atoms with Crippen molar-refractivity contribution in [3.63, 3.8) is 0 Å². The van der Waals surface area contributed by atoms with Crippen LogP contribution in [0.15, 0.2) is 11.1 Å². The molecule has 2 N–H and O–H groups in total. The lowest BCUT2D eigenvalue weighted by atomic mass is 9.99. The molecule has 0 amide bonds. The van der Waals surface area contributed by atoms with E-state index in [1.807, 2.05) is 0 Å². The van der Waals surface area contributed by atoms with E-state index in [2.05, 4.69) is 24.5 Å². The van der Waals surface area contributed by atoms with E-state index in [-0.39, 0.29) is 0 Å². The maximum absolute atomic E-state index is 5.69.